The van der Waals surface area contributed by atoms with Crippen LogP contribution in [0.25, 0.3) is 0 Å². The fraction of sp³-hybridized carbons (Fsp3) is 0.133. The van der Waals surface area contributed by atoms with Gasteiger partial charge in [-0.05, 0) is 35.7 Å². The van der Waals surface area contributed by atoms with Gasteiger partial charge in [0.1, 0.15) is 0 Å². The van der Waals surface area contributed by atoms with Gasteiger partial charge in [0.2, 0.25) is 0 Å². The molecule has 1 N–H and O–H groups in total. The number of rotatable bonds is 5. The van der Waals surface area contributed by atoms with Crippen molar-refractivity contribution < 1.29 is 23.9 Å². The number of nitrogens with one attached hydrogen (secondary N) is 1. The van der Waals surface area contributed by atoms with Gasteiger partial charge in [0.25, 0.3) is 5.91 Å². The summed E-state index contributed by atoms with van der Waals surface area (Å²) in [6.45, 7) is -0.438. The number of benzene rings is 1. The SMILES string of the molecule is COC(=O)COC(=O)c1ccc(NC(=O)c2cccs2)cc1. The van der Waals surface area contributed by atoms with Crippen LogP contribution in [-0.2, 0) is 14.3 Å². The second kappa shape index (κ2) is 7.37. The van der Waals surface area contributed by atoms with Crippen LogP contribution >= 0.6 is 11.3 Å². The summed E-state index contributed by atoms with van der Waals surface area (Å²) in [4.78, 5) is 35.0. The lowest BCUT2D eigenvalue weighted by Gasteiger charge is -2.06. The Balaban J connectivity index is 1.94. The molecule has 0 aliphatic heterocycles. The largest absolute Gasteiger partial charge is 0.466 e. The molecule has 0 aliphatic rings. The molecule has 114 valence electrons. The number of amides is 1. The van der Waals surface area contributed by atoms with Gasteiger partial charge in [0.15, 0.2) is 6.61 Å². The Kier molecular flexibility index (Phi) is 5.26. The highest BCUT2D eigenvalue weighted by Gasteiger charge is 2.11. The Labute approximate surface area is 130 Å². The topological polar surface area (TPSA) is 81.7 Å². The summed E-state index contributed by atoms with van der Waals surface area (Å²) in [6.07, 6.45) is 0. The van der Waals surface area contributed by atoms with Crippen molar-refractivity contribution in [1.82, 2.24) is 0 Å². The zero-order chi connectivity index (χ0) is 15.9. The van der Waals surface area contributed by atoms with E-state index in [0.29, 0.717) is 10.6 Å². The number of ether oxygens (including phenoxy) is 2. The minimum absolute atomic E-state index is 0.212. The molecular weight excluding hydrogens is 306 g/mol. The molecule has 1 heterocycles. The number of esters is 2. The van der Waals surface area contributed by atoms with E-state index in [1.807, 2.05) is 5.38 Å². The van der Waals surface area contributed by atoms with Gasteiger partial charge in [-0.25, -0.2) is 9.59 Å². The van der Waals surface area contributed by atoms with E-state index in [2.05, 4.69) is 10.1 Å². The molecule has 0 fully saturated rings. The number of thiophene rings is 1. The van der Waals surface area contributed by atoms with Gasteiger partial charge in [-0.3, -0.25) is 4.79 Å². The fourth-order valence-corrected chi connectivity index (χ4v) is 2.18. The third-order valence-corrected chi connectivity index (χ3v) is 3.54. The van der Waals surface area contributed by atoms with E-state index in [4.69, 9.17) is 4.74 Å². The minimum atomic E-state index is -0.637. The van der Waals surface area contributed by atoms with Gasteiger partial charge in [0, 0.05) is 5.69 Å². The maximum absolute atomic E-state index is 11.9. The summed E-state index contributed by atoms with van der Waals surface area (Å²) in [5.41, 5.74) is 0.834. The number of carbonyl (C=O) groups is 3. The Morgan fingerprint density at radius 1 is 1.14 bits per heavy atom. The minimum Gasteiger partial charge on any atom is -0.466 e. The van der Waals surface area contributed by atoms with Crippen LogP contribution in [0.2, 0.25) is 0 Å². The van der Waals surface area contributed by atoms with Crippen molar-refractivity contribution in [2.75, 3.05) is 19.0 Å². The molecule has 22 heavy (non-hydrogen) atoms. The number of methoxy groups -OCH3 is 1. The first-order valence-corrected chi connectivity index (χ1v) is 7.17. The smallest absolute Gasteiger partial charge is 0.344 e. The second-order valence-corrected chi connectivity index (χ2v) is 5.11. The average molecular weight is 319 g/mol. The molecule has 0 unspecified atom stereocenters. The zero-order valence-corrected chi connectivity index (χ0v) is 12.5. The molecule has 2 aromatic rings. The highest BCUT2D eigenvalue weighted by atomic mass is 32.1. The lowest BCUT2D eigenvalue weighted by atomic mass is 10.2. The van der Waals surface area contributed by atoms with Crippen molar-refractivity contribution in [3.63, 3.8) is 0 Å². The lowest BCUT2D eigenvalue weighted by molar-refractivity contribution is -0.144. The number of carbonyl (C=O) groups excluding carboxylic acids is 3. The lowest BCUT2D eigenvalue weighted by Crippen LogP contribution is -2.15. The maximum Gasteiger partial charge on any atom is 0.344 e. The normalized spacial score (nSPS) is 9.86. The van der Waals surface area contributed by atoms with E-state index in [0.717, 1.165) is 0 Å². The van der Waals surface area contributed by atoms with Crippen LogP contribution in [-0.4, -0.2) is 31.6 Å². The first-order valence-electron chi connectivity index (χ1n) is 6.29. The standard InChI is InChI=1S/C15H13NO5S/c1-20-13(17)9-21-15(19)10-4-6-11(7-5-10)16-14(18)12-3-2-8-22-12/h2-8H,9H2,1H3,(H,16,18). The second-order valence-electron chi connectivity index (χ2n) is 4.16. The number of hydrogen-bond acceptors (Lipinski definition) is 6. The molecule has 1 aromatic heterocycles. The summed E-state index contributed by atoms with van der Waals surface area (Å²) >= 11 is 1.34. The van der Waals surface area contributed by atoms with Gasteiger partial charge in [0.05, 0.1) is 17.6 Å². The summed E-state index contributed by atoms with van der Waals surface area (Å²) in [5, 5.41) is 4.53. The first kappa shape index (κ1) is 15.7. The van der Waals surface area contributed by atoms with Crippen molar-refractivity contribution in [3.8, 4) is 0 Å². The third-order valence-electron chi connectivity index (χ3n) is 2.67. The van der Waals surface area contributed by atoms with Crippen molar-refractivity contribution in [2.45, 2.75) is 0 Å². The van der Waals surface area contributed by atoms with Crippen LogP contribution in [0, 0.1) is 0 Å². The van der Waals surface area contributed by atoms with Crippen LogP contribution < -0.4 is 5.32 Å². The molecule has 7 heteroatoms. The molecule has 0 saturated heterocycles. The molecule has 6 nitrogen and oxygen atoms in total. The van der Waals surface area contributed by atoms with E-state index >= 15 is 0 Å². The van der Waals surface area contributed by atoms with E-state index in [9.17, 15) is 14.4 Å². The summed E-state index contributed by atoms with van der Waals surface area (Å²) in [5.74, 6) is -1.48. The number of anilines is 1. The summed E-state index contributed by atoms with van der Waals surface area (Å²) in [6, 6.07) is 9.69. The highest BCUT2D eigenvalue weighted by Crippen LogP contribution is 2.14. The quantitative estimate of drug-likeness (QED) is 0.855. The third kappa shape index (κ3) is 4.16. The van der Waals surface area contributed by atoms with Gasteiger partial charge in [-0.1, -0.05) is 6.07 Å². The Morgan fingerprint density at radius 2 is 1.86 bits per heavy atom. The van der Waals surface area contributed by atoms with Crippen molar-refractivity contribution in [1.29, 1.82) is 0 Å². The summed E-state index contributed by atoms with van der Waals surface area (Å²) < 4.78 is 9.13. The van der Waals surface area contributed by atoms with E-state index < -0.39 is 18.5 Å². The van der Waals surface area contributed by atoms with Crippen LogP contribution in [0.15, 0.2) is 41.8 Å². The molecular formula is C15H13NO5S. The Bertz CT molecular complexity index is 664. The van der Waals surface area contributed by atoms with Crippen molar-refractivity contribution in [2.24, 2.45) is 0 Å². The van der Waals surface area contributed by atoms with Crippen LogP contribution in [0.1, 0.15) is 20.0 Å². The molecule has 0 aliphatic carbocycles. The predicted octanol–water partition coefficient (Wildman–Crippen LogP) is 2.33. The highest BCUT2D eigenvalue weighted by molar-refractivity contribution is 7.12. The monoisotopic (exact) mass is 319 g/mol. The Hall–Kier alpha value is -2.67. The first-order chi connectivity index (χ1) is 10.6. The molecule has 1 aromatic carbocycles. The van der Waals surface area contributed by atoms with Crippen molar-refractivity contribution in [3.05, 3.63) is 52.2 Å². The summed E-state index contributed by atoms with van der Waals surface area (Å²) in [7, 11) is 1.21. The predicted molar refractivity (Wildman–Crippen MR) is 81.0 cm³/mol. The molecule has 1 amide bonds. The van der Waals surface area contributed by atoms with Gasteiger partial charge >= 0.3 is 11.9 Å². The van der Waals surface area contributed by atoms with Gasteiger partial charge in [-0.2, -0.15) is 0 Å². The molecule has 0 radical (unpaired) electrons. The molecule has 0 atom stereocenters. The van der Waals surface area contributed by atoms with E-state index in [1.54, 1.807) is 24.3 Å². The van der Waals surface area contributed by atoms with Crippen LogP contribution in [0.4, 0.5) is 5.69 Å². The van der Waals surface area contributed by atoms with Crippen LogP contribution in [0.3, 0.4) is 0 Å². The fourth-order valence-electron chi connectivity index (χ4n) is 1.56. The van der Waals surface area contributed by atoms with E-state index in [1.165, 1.54) is 30.6 Å². The zero-order valence-electron chi connectivity index (χ0n) is 11.7. The molecule has 0 bridgehead atoms. The van der Waals surface area contributed by atoms with Gasteiger partial charge < -0.3 is 14.8 Å². The molecule has 0 spiro atoms. The average Bonchev–Trinajstić information content (AvgIpc) is 3.07. The number of hydrogen-bond donors (Lipinski definition) is 1. The van der Waals surface area contributed by atoms with Crippen molar-refractivity contribution >= 4 is 34.9 Å². The van der Waals surface area contributed by atoms with E-state index in [-0.39, 0.29) is 11.5 Å². The van der Waals surface area contributed by atoms with Gasteiger partial charge in [-0.15, -0.1) is 11.3 Å². The molecule has 2 rings (SSSR count). The maximum atomic E-state index is 11.9. The molecule has 0 saturated carbocycles. The Morgan fingerprint density at radius 3 is 2.45 bits per heavy atom. The van der Waals surface area contributed by atoms with Crippen LogP contribution in [0.5, 0.6) is 0 Å².